The van der Waals surface area contributed by atoms with Gasteiger partial charge in [-0.15, -0.1) is 0 Å². The number of aromatic nitrogens is 6. The van der Waals surface area contributed by atoms with E-state index in [1.165, 1.54) is 0 Å². The van der Waals surface area contributed by atoms with Crippen LogP contribution in [-0.2, 0) is 7.05 Å². The third kappa shape index (κ3) is 4.04. The maximum absolute atomic E-state index is 4.70. The van der Waals surface area contributed by atoms with Crippen LogP contribution in [0.2, 0.25) is 0 Å². The molecular formula is C19H25N7. The number of anilines is 1. The van der Waals surface area contributed by atoms with Gasteiger partial charge in [0.05, 0.1) is 11.7 Å². The van der Waals surface area contributed by atoms with E-state index in [0.29, 0.717) is 11.9 Å². The standard InChI is InChI=1S/C19H25N7/c1-12(2)10-17(18-21-11-22-26(18)5)25-19-20-9-8-16(24-19)15-7-6-13(3)23-14(15)4/h6-9,11-12,17H,10H2,1-5H3,(H,20,24,25)/t17-/m0/s1. The van der Waals surface area contributed by atoms with Gasteiger partial charge in [-0.05, 0) is 44.4 Å². The first kappa shape index (κ1) is 18.0. The van der Waals surface area contributed by atoms with Crippen LogP contribution in [0.15, 0.2) is 30.7 Å². The topological polar surface area (TPSA) is 81.4 Å². The zero-order valence-corrected chi connectivity index (χ0v) is 15.9. The van der Waals surface area contributed by atoms with Gasteiger partial charge in [0.15, 0.2) is 0 Å². The van der Waals surface area contributed by atoms with E-state index in [9.17, 15) is 0 Å². The summed E-state index contributed by atoms with van der Waals surface area (Å²) in [5.41, 5.74) is 3.83. The molecule has 0 aliphatic rings. The third-order valence-electron chi connectivity index (χ3n) is 4.23. The first-order chi connectivity index (χ1) is 12.4. The fourth-order valence-corrected chi connectivity index (χ4v) is 3.01. The minimum atomic E-state index is -0.00464. The van der Waals surface area contributed by atoms with Crippen molar-refractivity contribution in [3.8, 4) is 11.3 Å². The Morgan fingerprint density at radius 3 is 2.54 bits per heavy atom. The Labute approximate surface area is 154 Å². The van der Waals surface area contributed by atoms with E-state index in [-0.39, 0.29) is 6.04 Å². The average molecular weight is 351 g/mol. The number of hydrogen-bond donors (Lipinski definition) is 1. The average Bonchev–Trinajstić information content (AvgIpc) is 3.00. The summed E-state index contributed by atoms with van der Waals surface area (Å²) in [4.78, 5) is 18.0. The van der Waals surface area contributed by atoms with Crippen molar-refractivity contribution < 1.29 is 0 Å². The number of aryl methyl sites for hydroxylation is 3. The molecule has 3 aromatic heterocycles. The van der Waals surface area contributed by atoms with E-state index < -0.39 is 0 Å². The molecule has 3 heterocycles. The first-order valence-corrected chi connectivity index (χ1v) is 8.82. The molecule has 26 heavy (non-hydrogen) atoms. The molecule has 3 aromatic rings. The van der Waals surface area contributed by atoms with Gasteiger partial charge in [-0.1, -0.05) is 13.8 Å². The molecule has 0 amide bonds. The Morgan fingerprint density at radius 2 is 1.88 bits per heavy atom. The molecule has 3 rings (SSSR count). The fraction of sp³-hybridized carbons (Fsp3) is 0.421. The van der Waals surface area contributed by atoms with Crippen LogP contribution >= 0.6 is 0 Å². The van der Waals surface area contributed by atoms with Crippen LogP contribution in [0.5, 0.6) is 0 Å². The normalized spacial score (nSPS) is 12.4. The van der Waals surface area contributed by atoms with E-state index in [4.69, 9.17) is 4.98 Å². The van der Waals surface area contributed by atoms with Crippen LogP contribution in [-0.4, -0.2) is 29.7 Å². The molecule has 0 saturated heterocycles. The fourth-order valence-electron chi connectivity index (χ4n) is 3.01. The van der Waals surface area contributed by atoms with E-state index in [1.54, 1.807) is 17.2 Å². The van der Waals surface area contributed by atoms with Crippen molar-refractivity contribution in [1.29, 1.82) is 0 Å². The zero-order valence-electron chi connectivity index (χ0n) is 15.9. The molecule has 1 N–H and O–H groups in total. The highest BCUT2D eigenvalue weighted by Crippen LogP contribution is 2.25. The van der Waals surface area contributed by atoms with Crippen molar-refractivity contribution in [2.75, 3.05) is 5.32 Å². The lowest BCUT2D eigenvalue weighted by Crippen LogP contribution is -2.19. The Hall–Kier alpha value is -2.83. The van der Waals surface area contributed by atoms with Crippen molar-refractivity contribution in [2.45, 2.75) is 40.2 Å². The minimum absolute atomic E-state index is 0.00464. The number of hydrogen-bond acceptors (Lipinski definition) is 6. The quantitative estimate of drug-likeness (QED) is 0.732. The molecule has 136 valence electrons. The number of nitrogens with one attached hydrogen (secondary N) is 1. The monoisotopic (exact) mass is 351 g/mol. The number of rotatable bonds is 6. The lowest BCUT2D eigenvalue weighted by atomic mass is 10.0. The number of nitrogens with zero attached hydrogens (tertiary/aromatic N) is 6. The van der Waals surface area contributed by atoms with Crippen LogP contribution in [0.3, 0.4) is 0 Å². The van der Waals surface area contributed by atoms with Gasteiger partial charge < -0.3 is 5.32 Å². The van der Waals surface area contributed by atoms with Crippen molar-refractivity contribution >= 4 is 5.95 Å². The maximum Gasteiger partial charge on any atom is 0.223 e. The highest BCUT2D eigenvalue weighted by atomic mass is 15.3. The summed E-state index contributed by atoms with van der Waals surface area (Å²) in [6.45, 7) is 8.35. The van der Waals surface area contributed by atoms with Gasteiger partial charge >= 0.3 is 0 Å². The van der Waals surface area contributed by atoms with Crippen LogP contribution < -0.4 is 5.32 Å². The zero-order chi connectivity index (χ0) is 18.7. The molecule has 0 saturated carbocycles. The van der Waals surface area contributed by atoms with Crippen LogP contribution in [0.4, 0.5) is 5.95 Å². The summed E-state index contributed by atoms with van der Waals surface area (Å²) < 4.78 is 1.79. The van der Waals surface area contributed by atoms with Gasteiger partial charge in [0.2, 0.25) is 5.95 Å². The van der Waals surface area contributed by atoms with E-state index in [0.717, 1.165) is 34.9 Å². The second-order valence-electron chi connectivity index (χ2n) is 6.92. The molecule has 0 aliphatic carbocycles. The summed E-state index contributed by atoms with van der Waals surface area (Å²) >= 11 is 0. The third-order valence-corrected chi connectivity index (χ3v) is 4.23. The Balaban J connectivity index is 1.90. The summed E-state index contributed by atoms with van der Waals surface area (Å²) in [6.07, 6.45) is 4.25. The SMILES string of the molecule is Cc1ccc(-c2ccnc(N[C@@H](CC(C)C)c3ncnn3C)n2)c(C)n1. The lowest BCUT2D eigenvalue weighted by Gasteiger charge is -2.20. The van der Waals surface area contributed by atoms with Gasteiger partial charge in [0, 0.05) is 30.2 Å². The van der Waals surface area contributed by atoms with Crippen molar-refractivity contribution in [3.63, 3.8) is 0 Å². The van der Waals surface area contributed by atoms with Crippen LogP contribution in [0, 0.1) is 19.8 Å². The molecule has 0 bridgehead atoms. The summed E-state index contributed by atoms with van der Waals surface area (Å²) in [5, 5.41) is 7.62. The first-order valence-electron chi connectivity index (χ1n) is 8.82. The Kier molecular flexibility index (Phi) is 5.25. The Morgan fingerprint density at radius 1 is 1.08 bits per heavy atom. The van der Waals surface area contributed by atoms with Crippen molar-refractivity contribution in [2.24, 2.45) is 13.0 Å². The number of pyridine rings is 1. The highest BCUT2D eigenvalue weighted by molar-refractivity contribution is 5.62. The molecule has 7 heteroatoms. The van der Waals surface area contributed by atoms with E-state index in [1.807, 2.05) is 33.0 Å². The van der Waals surface area contributed by atoms with Gasteiger partial charge in [0.25, 0.3) is 0 Å². The van der Waals surface area contributed by atoms with Crippen molar-refractivity contribution in [3.05, 3.63) is 47.9 Å². The molecule has 0 aliphatic heterocycles. The summed E-state index contributed by atoms with van der Waals surface area (Å²) in [6, 6.07) is 5.95. The lowest BCUT2D eigenvalue weighted by molar-refractivity contribution is 0.496. The second-order valence-corrected chi connectivity index (χ2v) is 6.92. The van der Waals surface area contributed by atoms with Gasteiger partial charge in [-0.2, -0.15) is 5.10 Å². The predicted octanol–water partition coefficient (Wildman–Crippen LogP) is 3.48. The van der Waals surface area contributed by atoms with Crippen LogP contribution in [0.1, 0.15) is 43.5 Å². The van der Waals surface area contributed by atoms with Gasteiger partial charge in [-0.3, -0.25) is 9.67 Å². The highest BCUT2D eigenvalue weighted by Gasteiger charge is 2.19. The van der Waals surface area contributed by atoms with E-state index >= 15 is 0 Å². The Bertz CT molecular complexity index is 885. The van der Waals surface area contributed by atoms with Crippen molar-refractivity contribution in [1.82, 2.24) is 29.7 Å². The van der Waals surface area contributed by atoms with Gasteiger partial charge in [-0.25, -0.2) is 15.0 Å². The molecule has 0 unspecified atom stereocenters. The molecule has 7 nitrogen and oxygen atoms in total. The summed E-state index contributed by atoms with van der Waals surface area (Å²) in [7, 11) is 1.90. The van der Waals surface area contributed by atoms with Gasteiger partial charge in [0.1, 0.15) is 12.2 Å². The minimum Gasteiger partial charge on any atom is -0.344 e. The molecule has 0 spiro atoms. The predicted molar refractivity (Wildman–Crippen MR) is 102 cm³/mol. The smallest absolute Gasteiger partial charge is 0.223 e. The molecule has 0 fully saturated rings. The molecule has 1 atom stereocenters. The second kappa shape index (κ2) is 7.59. The largest absolute Gasteiger partial charge is 0.344 e. The molecule has 0 aromatic carbocycles. The molecular weight excluding hydrogens is 326 g/mol. The molecule has 0 radical (unpaired) electrons. The maximum atomic E-state index is 4.70. The van der Waals surface area contributed by atoms with E-state index in [2.05, 4.69) is 45.3 Å². The van der Waals surface area contributed by atoms with Crippen LogP contribution in [0.25, 0.3) is 11.3 Å². The summed E-state index contributed by atoms with van der Waals surface area (Å²) in [5.74, 6) is 1.95.